The lowest BCUT2D eigenvalue weighted by atomic mass is 9.99. The first-order chi connectivity index (χ1) is 17.2. The first kappa shape index (κ1) is 21.6. The average Bonchev–Trinajstić information content (AvgIpc) is 3.53. The minimum absolute atomic E-state index is 0.0221. The summed E-state index contributed by atoms with van der Waals surface area (Å²) in [4.78, 5) is 18.3. The molecule has 1 amide bonds. The topological polar surface area (TPSA) is 99.2 Å². The summed E-state index contributed by atoms with van der Waals surface area (Å²) >= 11 is 0. The molecule has 0 bridgehead atoms. The summed E-state index contributed by atoms with van der Waals surface area (Å²) in [5.74, 6) is 0.605. The van der Waals surface area contributed by atoms with Crippen LogP contribution in [0.2, 0.25) is 0 Å². The molecule has 0 saturated heterocycles. The van der Waals surface area contributed by atoms with Crippen LogP contribution < -0.4 is 10.4 Å². The normalized spacial score (nSPS) is 18.9. The Morgan fingerprint density at radius 3 is 2.34 bits per heavy atom. The first-order valence-corrected chi connectivity index (χ1v) is 13.0. The molecule has 0 radical (unpaired) electrons. The quantitative estimate of drug-likeness (QED) is 0.414. The minimum Gasteiger partial charge on any atom is -0.272 e. The predicted molar refractivity (Wildman–Crippen MR) is 140 cm³/mol. The number of hydrogen-bond acceptors (Lipinski definition) is 5. The van der Waals surface area contributed by atoms with Crippen molar-refractivity contribution in [1.82, 2.24) is 26.0 Å². The van der Waals surface area contributed by atoms with Gasteiger partial charge in [-0.2, -0.15) is 15.6 Å². The number of aliphatic imine (C=N–C) groups is 1. The monoisotopic (exact) mass is 481 g/mol. The molecule has 8 nitrogen and oxygen atoms in total. The lowest BCUT2D eigenvalue weighted by Crippen LogP contribution is -2.39. The van der Waals surface area contributed by atoms with Crippen molar-refractivity contribution >= 4 is 32.2 Å². The number of amides is 1. The Labute approximate surface area is 205 Å². The fourth-order valence-corrected chi connectivity index (χ4v) is 5.63. The molecule has 174 valence electrons. The van der Waals surface area contributed by atoms with E-state index in [2.05, 4.69) is 61.6 Å². The van der Waals surface area contributed by atoms with Crippen LogP contribution in [0.1, 0.15) is 18.4 Å². The number of carbonyl (C=O) groups excluding carboxylic acids is 1. The van der Waals surface area contributed by atoms with Crippen LogP contribution in [-0.2, 0) is 4.79 Å². The molecule has 1 saturated carbocycles. The molecule has 1 aromatic heterocycles. The maximum absolute atomic E-state index is 12.6. The molecule has 1 aliphatic heterocycles. The molecule has 1 fully saturated rings. The van der Waals surface area contributed by atoms with Crippen molar-refractivity contribution in [1.29, 1.82) is 0 Å². The van der Waals surface area contributed by atoms with E-state index in [1.807, 2.05) is 59.6 Å². The van der Waals surface area contributed by atoms with E-state index < -0.39 is 0 Å². The van der Waals surface area contributed by atoms with Crippen molar-refractivity contribution in [2.75, 3.05) is 11.3 Å². The van der Waals surface area contributed by atoms with Crippen molar-refractivity contribution in [2.24, 2.45) is 10.9 Å². The Morgan fingerprint density at radius 2 is 1.66 bits per heavy atom. The average molecular weight is 482 g/mol. The Morgan fingerprint density at radius 1 is 0.943 bits per heavy atom. The largest absolute Gasteiger partial charge is 0.272 e. The molecule has 4 aromatic rings. The number of hydrazine groups is 1. The molecular formula is C26H23N7OS. The highest BCUT2D eigenvalue weighted by Crippen LogP contribution is 2.35. The predicted octanol–water partition coefficient (Wildman–Crippen LogP) is 4.23. The standard InChI is InChI=1S/C26H23N7OS/c1-35-25(19-7-3-2-4-8-19)30-33(26(35)27-24(34)18-11-12-18)20-15-13-17(14-16-20)21-9-5-6-10-22(21)23-28-31-32-29-23/h2-10,13-16,18,30H,11-12H2,1H3,(H,28,29,31,32). The van der Waals surface area contributed by atoms with Crippen LogP contribution in [-0.4, -0.2) is 42.9 Å². The van der Waals surface area contributed by atoms with E-state index >= 15 is 0 Å². The van der Waals surface area contributed by atoms with Gasteiger partial charge in [0.05, 0.1) is 10.7 Å². The van der Waals surface area contributed by atoms with Crippen LogP contribution in [0.5, 0.6) is 0 Å². The number of rotatable bonds is 5. The fraction of sp³-hybridized carbons (Fsp3) is 0.154. The zero-order chi connectivity index (χ0) is 23.8. The van der Waals surface area contributed by atoms with Gasteiger partial charge in [0.1, 0.15) is 0 Å². The summed E-state index contributed by atoms with van der Waals surface area (Å²) in [7, 11) is -0.371. The number of tetrazole rings is 1. The van der Waals surface area contributed by atoms with Crippen LogP contribution in [0.25, 0.3) is 22.5 Å². The molecule has 1 aliphatic carbocycles. The Hall–Kier alpha value is -3.95. The van der Waals surface area contributed by atoms with Gasteiger partial charge in [-0.3, -0.25) is 4.79 Å². The van der Waals surface area contributed by atoms with Gasteiger partial charge in [-0.15, -0.1) is 20.7 Å². The molecule has 6 rings (SSSR count). The van der Waals surface area contributed by atoms with E-state index in [-0.39, 0.29) is 22.3 Å². The lowest BCUT2D eigenvalue weighted by molar-refractivity contribution is -0.118. The Bertz CT molecular complexity index is 1440. The second-order valence-electron chi connectivity index (χ2n) is 8.49. The second-order valence-corrected chi connectivity index (χ2v) is 10.3. The van der Waals surface area contributed by atoms with E-state index in [1.54, 1.807) is 0 Å². The minimum atomic E-state index is -0.371. The molecule has 3 aromatic carbocycles. The maximum atomic E-state index is 12.6. The van der Waals surface area contributed by atoms with Gasteiger partial charge in [0.25, 0.3) is 5.91 Å². The van der Waals surface area contributed by atoms with E-state index in [0.717, 1.165) is 50.9 Å². The molecule has 2 N–H and O–H groups in total. The van der Waals surface area contributed by atoms with Gasteiger partial charge >= 0.3 is 0 Å². The second kappa shape index (κ2) is 9.01. The van der Waals surface area contributed by atoms with Gasteiger partial charge in [0.2, 0.25) is 5.82 Å². The molecule has 1 atom stereocenters. The molecule has 35 heavy (non-hydrogen) atoms. The number of benzene rings is 3. The highest BCUT2D eigenvalue weighted by atomic mass is 32.2. The highest BCUT2D eigenvalue weighted by molar-refractivity contribution is 8.29. The van der Waals surface area contributed by atoms with Crippen LogP contribution >= 0.6 is 10.5 Å². The molecule has 0 spiro atoms. The zero-order valence-electron chi connectivity index (χ0n) is 19.0. The van der Waals surface area contributed by atoms with Crippen LogP contribution in [0.3, 0.4) is 0 Å². The van der Waals surface area contributed by atoms with Crippen molar-refractivity contribution < 1.29 is 4.79 Å². The Kier molecular flexibility index (Phi) is 5.55. The summed E-state index contributed by atoms with van der Waals surface area (Å²) in [5, 5.41) is 17.2. The van der Waals surface area contributed by atoms with Crippen LogP contribution in [0.4, 0.5) is 5.69 Å². The van der Waals surface area contributed by atoms with Crippen molar-refractivity contribution in [3.8, 4) is 22.5 Å². The number of nitrogens with zero attached hydrogens (tertiary/aromatic N) is 5. The number of amidine groups is 1. The maximum Gasteiger partial charge on any atom is 0.251 e. The first-order valence-electron chi connectivity index (χ1n) is 11.4. The van der Waals surface area contributed by atoms with E-state index in [0.29, 0.717) is 5.82 Å². The number of nitrogens with one attached hydrogen (secondary N) is 2. The van der Waals surface area contributed by atoms with Crippen molar-refractivity contribution in [2.45, 2.75) is 12.8 Å². The van der Waals surface area contributed by atoms with Gasteiger partial charge in [-0.1, -0.05) is 66.7 Å². The van der Waals surface area contributed by atoms with Gasteiger partial charge in [-0.25, -0.2) is 5.01 Å². The van der Waals surface area contributed by atoms with Crippen molar-refractivity contribution in [3.05, 3.63) is 84.4 Å². The number of aromatic amines is 1. The molecular weight excluding hydrogens is 458 g/mol. The summed E-state index contributed by atoms with van der Waals surface area (Å²) in [6, 6.07) is 26.4. The number of aromatic nitrogens is 4. The summed E-state index contributed by atoms with van der Waals surface area (Å²) in [5.41, 5.74) is 8.49. The van der Waals surface area contributed by atoms with Crippen molar-refractivity contribution in [3.63, 3.8) is 0 Å². The fourth-order valence-electron chi connectivity index (χ4n) is 4.08. The van der Waals surface area contributed by atoms with E-state index in [4.69, 9.17) is 0 Å². The number of anilines is 1. The van der Waals surface area contributed by atoms with Gasteiger partial charge < -0.3 is 0 Å². The van der Waals surface area contributed by atoms with E-state index in [1.165, 1.54) is 0 Å². The SMILES string of the molecule is CS1=C(c2ccccc2)NN(c2ccc(-c3ccccc3-c3nn[nH]n3)cc2)C1=NC(=O)C1CC1. The van der Waals surface area contributed by atoms with Gasteiger partial charge in [0.15, 0.2) is 5.17 Å². The van der Waals surface area contributed by atoms with Gasteiger partial charge in [-0.05, 0) is 47.6 Å². The highest BCUT2D eigenvalue weighted by Gasteiger charge is 2.33. The number of hydrogen-bond donors (Lipinski definition) is 2. The Balaban J connectivity index is 1.36. The summed E-state index contributed by atoms with van der Waals surface area (Å²) in [6.07, 6.45) is 3.98. The molecule has 1 unspecified atom stereocenters. The third-order valence-electron chi connectivity index (χ3n) is 6.10. The smallest absolute Gasteiger partial charge is 0.251 e. The summed E-state index contributed by atoms with van der Waals surface area (Å²) < 4.78 is 0. The third-order valence-corrected chi connectivity index (χ3v) is 7.86. The molecule has 2 aliphatic rings. The van der Waals surface area contributed by atoms with Gasteiger partial charge in [0, 0.05) is 17.0 Å². The third kappa shape index (κ3) is 4.20. The molecule has 2 heterocycles. The van der Waals surface area contributed by atoms with Crippen LogP contribution in [0.15, 0.2) is 83.9 Å². The van der Waals surface area contributed by atoms with E-state index in [9.17, 15) is 4.79 Å². The number of H-pyrrole nitrogens is 1. The zero-order valence-corrected chi connectivity index (χ0v) is 19.9. The number of carbonyl (C=O) groups is 1. The van der Waals surface area contributed by atoms with Crippen LogP contribution in [0, 0.1) is 5.92 Å². The molecule has 9 heteroatoms. The lowest BCUT2D eigenvalue weighted by Gasteiger charge is -2.20. The summed E-state index contributed by atoms with van der Waals surface area (Å²) in [6.45, 7) is 0.